The molecule has 128 valence electrons. The molecule has 1 aromatic heterocycles. The number of hydrogen-bond acceptors (Lipinski definition) is 5. The molecule has 0 aliphatic heterocycles. The summed E-state index contributed by atoms with van der Waals surface area (Å²) in [4.78, 5) is 12.4. The fourth-order valence-electron chi connectivity index (χ4n) is 2.21. The molecule has 0 saturated heterocycles. The Bertz CT molecular complexity index is 934. The predicted molar refractivity (Wildman–Crippen MR) is 107 cm³/mol. The van der Waals surface area contributed by atoms with Crippen LogP contribution in [0, 0.1) is 10.9 Å². The molecule has 0 bridgehead atoms. The van der Waals surface area contributed by atoms with E-state index in [0.29, 0.717) is 3.95 Å². The highest BCUT2D eigenvalue weighted by molar-refractivity contribution is 8.02. The molecule has 0 saturated carbocycles. The van der Waals surface area contributed by atoms with Crippen LogP contribution in [0.5, 0.6) is 0 Å². The van der Waals surface area contributed by atoms with Crippen LogP contribution in [0.2, 0.25) is 0 Å². The van der Waals surface area contributed by atoms with Crippen molar-refractivity contribution in [2.45, 2.75) is 23.4 Å². The second-order valence-corrected chi connectivity index (χ2v) is 8.71. The molecule has 2 aromatic carbocycles. The SMILES string of the molecule is Cc1cccc(NC(=O)[C@@H](C)Sc2nn(-c3ccccc3)c(=S)s2)c1. The molecule has 0 aliphatic rings. The van der Waals surface area contributed by atoms with Gasteiger partial charge in [-0.2, -0.15) is 0 Å². The maximum atomic E-state index is 12.4. The van der Waals surface area contributed by atoms with Gasteiger partial charge in [-0.15, -0.1) is 5.10 Å². The summed E-state index contributed by atoms with van der Waals surface area (Å²) in [6.07, 6.45) is 0. The molecule has 0 aliphatic carbocycles. The summed E-state index contributed by atoms with van der Waals surface area (Å²) >= 11 is 8.22. The van der Waals surface area contributed by atoms with E-state index in [1.807, 2.05) is 68.4 Å². The average Bonchev–Trinajstić information content (AvgIpc) is 2.96. The van der Waals surface area contributed by atoms with Gasteiger partial charge in [0.25, 0.3) is 0 Å². The number of aryl methyl sites for hydroxylation is 1. The first-order valence-corrected chi connectivity index (χ1v) is 9.83. The van der Waals surface area contributed by atoms with E-state index in [1.54, 1.807) is 4.68 Å². The first kappa shape index (κ1) is 17.8. The van der Waals surface area contributed by atoms with Gasteiger partial charge in [-0.25, -0.2) is 4.68 Å². The highest BCUT2D eigenvalue weighted by atomic mass is 32.2. The van der Waals surface area contributed by atoms with Crippen LogP contribution >= 0.6 is 35.3 Å². The molecule has 0 spiro atoms. The largest absolute Gasteiger partial charge is 0.325 e. The Labute approximate surface area is 159 Å². The second-order valence-electron chi connectivity index (χ2n) is 5.50. The van der Waals surface area contributed by atoms with Crippen LogP contribution in [-0.2, 0) is 4.79 Å². The maximum absolute atomic E-state index is 12.4. The zero-order valence-electron chi connectivity index (χ0n) is 13.8. The number of nitrogens with zero attached hydrogens (tertiary/aromatic N) is 2. The third-order valence-electron chi connectivity index (χ3n) is 3.46. The van der Waals surface area contributed by atoms with Crippen molar-refractivity contribution >= 4 is 46.9 Å². The summed E-state index contributed by atoms with van der Waals surface area (Å²) in [6, 6.07) is 17.5. The molecular weight excluding hydrogens is 370 g/mol. The zero-order valence-corrected chi connectivity index (χ0v) is 16.3. The third-order valence-corrected chi connectivity index (χ3v) is 5.88. The van der Waals surface area contributed by atoms with E-state index in [1.165, 1.54) is 23.1 Å². The number of nitrogens with one attached hydrogen (secondary N) is 1. The summed E-state index contributed by atoms with van der Waals surface area (Å²) in [5.41, 5.74) is 2.84. The van der Waals surface area contributed by atoms with Gasteiger partial charge in [-0.3, -0.25) is 4.79 Å². The Hall–Kier alpha value is -1.96. The van der Waals surface area contributed by atoms with Gasteiger partial charge in [0.1, 0.15) is 0 Å². The lowest BCUT2D eigenvalue weighted by molar-refractivity contribution is -0.115. The van der Waals surface area contributed by atoms with Gasteiger partial charge in [0.15, 0.2) is 8.29 Å². The van der Waals surface area contributed by atoms with E-state index in [2.05, 4.69) is 10.4 Å². The van der Waals surface area contributed by atoms with Crippen molar-refractivity contribution in [3.8, 4) is 5.69 Å². The van der Waals surface area contributed by atoms with E-state index in [4.69, 9.17) is 12.2 Å². The minimum absolute atomic E-state index is 0.0528. The van der Waals surface area contributed by atoms with Crippen LogP contribution in [-0.4, -0.2) is 20.9 Å². The van der Waals surface area contributed by atoms with E-state index in [9.17, 15) is 4.79 Å². The van der Waals surface area contributed by atoms with Crippen molar-refractivity contribution < 1.29 is 4.79 Å². The number of aromatic nitrogens is 2. The van der Waals surface area contributed by atoms with Gasteiger partial charge in [-0.1, -0.05) is 53.4 Å². The fraction of sp³-hybridized carbons (Fsp3) is 0.167. The molecule has 1 amide bonds. The third kappa shape index (κ3) is 4.56. The molecule has 4 nitrogen and oxygen atoms in total. The summed E-state index contributed by atoms with van der Waals surface area (Å²) in [7, 11) is 0. The number of rotatable bonds is 5. The van der Waals surface area contributed by atoms with Gasteiger partial charge >= 0.3 is 0 Å². The summed E-state index contributed by atoms with van der Waals surface area (Å²) < 4.78 is 3.17. The molecule has 3 rings (SSSR count). The van der Waals surface area contributed by atoms with Crippen molar-refractivity contribution in [2.24, 2.45) is 0 Å². The monoisotopic (exact) mass is 387 g/mol. The van der Waals surface area contributed by atoms with Gasteiger partial charge in [0.05, 0.1) is 10.9 Å². The van der Waals surface area contributed by atoms with Crippen molar-refractivity contribution in [3.63, 3.8) is 0 Å². The maximum Gasteiger partial charge on any atom is 0.237 e. The topological polar surface area (TPSA) is 46.9 Å². The minimum Gasteiger partial charge on any atom is -0.325 e. The molecule has 7 heteroatoms. The normalized spacial score (nSPS) is 11.9. The van der Waals surface area contributed by atoms with Crippen LogP contribution in [0.3, 0.4) is 0 Å². The minimum atomic E-state index is -0.273. The molecule has 1 heterocycles. The number of amides is 1. The first-order valence-electron chi connectivity index (χ1n) is 7.73. The molecule has 1 atom stereocenters. The summed E-state index contributed by atoms with van der Waals surface area (Å²) in [6.45, 7) is 3.87. The van der Waals surface area contributed by atoms with Gasteiger partial charge < -0.3 is 5.32 Å². The first-order chi connectivity index (χ1) is 12.0. The van der Waals surface area contributed by atoms with E-state index in [-0.39, 0.29) is 11.2 Å². The Morgan fingerprint density at radius 2 is 2.00 bits per heavy atom. The molecule has 3 aromatic rings. The van der Waals surface area contributed by atoms with Crippen molar-refractivity contribution in [3.05, 3.63) is 64.1 Å². The van der Waals surface area contributed by atoms with E-state index >= 15 is 0 Å². The van der Waals surface area contributed by atoms with Crippen molar-refractivity contribution in [1.29, 1.82) is 0 Å². The van der Waals surface area contributed by atoms with Gasteiger partial charge in [0, 0.05) is 5.69 Å². The van der Waals surface area contributed by atoms with Gasteiger partial charge in [0.2, 0.25) is 5.91 Å². The lowest BCUT2D eigenvalue weighted by Gasteiger charge is -2.10. The van der Waals surface area contributed by atoms with Gasteiger partial charge in [-0.05, 0) is 55.9 Å². The average molecular weight is 388 g/mol. The number of anilines is 1. The zero-order chi connectivity index (χ0) is 17.8. The van der Waals surface area contributed by atoms with Crippen LogP contribution in [0.25, 0.3) is 5.69 Å². The Kier molecular flexibility index (Phi) is 5.67. The highest BCUT2D eigenvalue weighted by Gasteiger charge is 2.17. The van der Waals surface area contributed by atoms with Crippen LogP contribution in [0.4, 0.5) is 5.69 Å². The van der Waals surface area contributed by atoms with Crippen LogP contribution in [0.1, 0.15) is 12.5 Å². The van der Waals surface area contributed by atoms with E-state index in [0.717, 1.165) is 21.3 Å². The Morgan fingerprint density at radius 3 is 2.72 bits per heavy atom. The number of carbonyl (C=O) groups is 1. The standard InChI is InChI=1S/C18H17N3OS3/c1-12-7-6-8-14(11-12)19-16(22)13(2)24-17-20-21(18(23)25-17)15-9-4-3-5-10-15/h3-11,13H,1-2H3,(H,19,22)/t13-/m1/s1. The molecule has 0 fully saturated rings. The van der Waals surface area contributed by atoms with Crippen molar-refractivity contribution in [1.82, 2.24) is 9.78 Å². The summed E-state index contributed by atoms with van der Waals surface area (Å²) in [5, 5.41) is 7.20. The van der Waals surface area contributed by atoms with Crippen LogP contribution < -0.4 is 5.32 Å². The smallest absolute Gasteiger partial charge is 0.237 e. The molecule has 0 unspecified atom stereocenters. The number of hydrogen-bond donors (Lipinski definition) is 1. The number of para-hydroxylation sites is 1. The molecule has 25 heavy (non-hydrogen) atoms. The van der Waals surface area contributed by atoms with Crippen molar-refractivity contribution in [2.75, 3.05) is 5.32 Å². The van der Waals surface area contributed by atoms with E-state index < -0.39 is 0 Å². The predicted octanol–water partition coefficient (Wildman–Crippen LogP) is 5.09. The fourth-order valence-corrected chi connectivity index (χ4v) is 4.72. The lowest BCUT2D eigenvalue weighted by Crippen LogP contribution is -2.22. The molecular formula is C18H17N3OS3. The quantitative estimate of drug-likeness (QED) is 0.489. The highest BCUT2D eigenvalue weighted by Crippen LogP contribution is 2.28. The second kappa shape index (κ2) is 7.95. The molecule has 1 N–H and O–H groups in total. The number of thioether (sulfide) groups is 1. The lowest BCUT2D eigenvalue weighted by atomic mass is 10.2. The Morgan fingerprint density at radius 1 is 1.24 bits per heavy atom. The number of benzene rings is 2. The Balaban J connectivity index is 1.70. The summed E-state index contributed by atoms with van der Waals surface area (Å²) in [5.74, 6) is -0.0528. The molecule has 0 radical (unpaired) electrons. The number of carbonyl (C=O) groups excluding carboxylic acids is 1. The van der Waals surface area contributed by atoms with Crippen LogP contribution in [0.15, 0.2) is 58.9 Å².